The molecule has 0 bridgehead atoms. The van der Waals surface area contributed by atoms with Crippen LogP contribution < -0.4 is 11.5 Å². The molecule has 3 heteroatoms. The van der Waals surface area contributed by atoms with Gasteiger partial charge in [-0.05, 0) is 44.0 Å². The first-order valence-electron chi connectivity index (χ1n) is 6.54. The van der Waals surface area contributed by atoms with Crippen LogP contribution in [0.15, 0.2) is 18.2 Å². The zero-order valence-electron chi connectivity index (χ0n) is 11.1. The number of para-hydroxylation sites is 1. The highest BCUT2D eigenvalue weighted by molar-refractivity contribution is 5.67. The molecule has 1 rings (SSSR count). The molecular weight excluding hydrogens is 210 g/mol. The third kappa shape index (κ3) is 4.27. The maximum atomic E-state index is 5.97. The third-order valence-corrected chi connectivity index (χ3v) is 3.01. The predicted molar refractivity (Wildman–Crippen MR) is 76.0 cm³/mol. The largest absolute Gasteiger partial charge is 0.397 e. The molecular formula is C14H25N3. The van der Waals surface area contributed by atoms with Crippen LogP contribution in [0.1, 0.15) is 32.3 Å². The van der Waals surface area contributed by atoms with Gasteiger partial charge in [-0.3, -0.25) is 0 Å². The van der Waals surface area contributed by atoms with Gasteiger partial charge in [0.2, 0.25) is 0 Å². The minimum atomic E-state index is 0.694. The first-order chi connectivity index (χ1) is 8.19. The quantitative estimate of drug-likeness (QED) is 0.714. The molecule has 1 aromatic carbocycles. The molecule has 0 atom stereocenters. The maximum Gasteiger partial charge on any atom is 0.0580 e. The Labute approximate surface area is 105 Å². The van der Waals surface area contributed by atoms with Crippen LogP contribution in [0.2, 0.25) is 0 Å². The molecule has 1 aromatic rings. The third-order valence-electron chi connectivity index (χ3n) is 3.01. The summed E-state index contributed by atoms with van der Waals surface area (Å²) in [6, 6.07) is 5.90. The zero-order valence-corrected chi connectivity index (χ0v) is 11.1. The van der Waals surface area contributed by atoms with E-state index < -0.39 is 0 Å². The zero-order chi connectivity index (χ0) is 12.7. The van der Waals surface area contributed by atoms with Crippen LogP contribution >= 0.6 is 0 Å². The van der Waals surface area contributed by atoms with Crippen molar-refractivity contribution < 1.29 is 0 Å². The average molecular weight is 235 g/mol. The minimum Gasteiger partial charge on any atom is -0.397 e. The first kappa shape index (κ1) is 13.8. The molecule has 3 nitrogen and oxygen atoms in total. The average Bonchev–Trinajstić information content (AvgIpc) is 2.31. The van der Waals surface area contributed by atoms with Gasteiger partial charge in [-0.1, -0.05) is 26.0 Å². The van der Waals surface area contributed by atoms with E-state index >= 15 is 0 Å². The van der Waals surface area contributed by atoms with Crippen molar-refractivity contribution in [2.24, 2.45) is 0 Å². The van der Waals surface area contributed by atoms with Crippen LogP contribution in [-0.2, 0) is 6.42 Å². The monoisotopic (exact) mass is 235 g/mol. The van der Waals surface area contributed by atoms with Gasteiger partial charge in [-0.2, -0.15) is 0 Å². The molecule has 0 aliphatic rings. The van der Waals surface area contributed by atoms with Crippen LogP contribution in [0.25, 0.3) is 0 Å². The van der Waals surface area contributed by atoms with Crippen molar-refractivity contribution in [1.82, 2.24) is 4.90 Å². The molecule has 96 valence electrons. The van der Waals surface area contributed by atoms with Crippen molar-refractivity contribution in [3.63, 3.8) is 0 Å². The molecule has 0 heterocycles. The number of anilines is 2. The Morgan fingerprint density at radius 2 is 1.65 bits per heavy atom. The number of nitrogens with two attached hydrogens (primary N) is 2. The Balaban J connectivity index is 2.55. The Bertz CT molecular complexity index is 330. The van der Waals surface area contributed by atoms with Gasteiger partial charge in [0.1, 0.15) is 0 Å². The van der Waals surface area contributed by atoms with Gasteiger partial charge >= 0.3 is 0 Å². The van der Waals surface area contributed by atoms with Gasteiger partial charge < -0.3 is 16.4 Å². The summed E-state index contributed by atoms with van der Waals surface area (Å²) < 4.78 is 0. The predicted octanol–water partition coefficient (Wildman–Crippen LogP) is 2.52. The molecule has 0 fully saturated rings. The van der Waals surface area contributed by atoms with E-state index in [9.17, 15) is 0 Å². The Morgan fingerprint density at radius 1 is 1.00 bits per heavy atom. The number of nitrogens with zero attached hydrogens (tertiary/aromatic N) is 1. The lowest BCUT2D eigenvalue weighted by Crippen LogP contribution is -2.28. The molecule has 0 unspecified atom stereocenters. The van der Waals surface area contributed by atoms with E-state index in [1.807, 2.05) is 12.1 Å². The van der Waals surface area contributed by atoms with E-state index in [1.54, 1.807) is 0 Å². The van der Waals surface area contributed by atoms with Crippen LogP contribution in [-0.4, -0.2) is 24.5 Å². The number of hydrogen-bond acceptors (Lipinski definition) is 3. The van der Waals surface area contributed by atoms with E-state index in [0.29, 0.717) is 5.69 Å². The summed E-state index contributed by atoms with van der Waals surface area (Å²) in [4.78, 5) is 2.49. The molecule has 4 N–H and O–H groups in total. The molecule has 0 spiro atoms. The molecule has 0 amide bonds. The SMILES string of the molecule is CCCN(CCC)CCc1cccc(N)c1N. The lowest BCUT2D eigenvalue weighted by atomic mass is 10.1. The molecule has 0 aliphatic heterocycles. The van der Waals surface area contributed by atoms with Gasteiger partial charge in [0.25, 0.3) is 0 Å². The summed E-state index contributed by atoms with van der Waals surface area (Å²) in [7, 11) is 0. The van der Waals surface area contributed by atoms with E-state index in [2.05, 4.69) is 24.8 Å². The minimum absolute atomic E-state index is 0.694. The van der Waals surface area contributed by atoms with Crippen molar-refractivity contribution in [2.75, 3.05) is 31.1 Å². The summed E-state index contributed by atoms with van der Waals surface area (Å²) in [5.41, 5.74) is 14.4. The summed E-state index contributed by atoms with van der Waals surface area (Å²) in [6.45, 7) is 7.83. The Morgan fingerprint density at radius 3 is 2.24 bits per heavy atom. The van der Waals surface area contributed by atoms with Crippen molar-refractivity contribution in [3.8, 4) is 0 Å². The maximum absolute atomic E-state index is 5.97. The van der Waals surface area contributed by atoms with E-state index in [0.717, 1.165) is 31.7 Å². The van der Waals surface area contributed by atoms with Crippen molar-refractivity contribution >= 4 is 11.4 Å². The second-order valence-corrected chi connectivity index (χ2v) is 4.51. The summed E-state index contributed by atoms with van der Waals surface area (Å²) in [5, 5.41) is 0. The first-order valence-corrected chi connectivity index (χ1v) is 6.54. The van der Waals surface area contributed by atoms with Crippen LogP contribution in [0.5, 0.6) is 0 Å². The summed E-state index contributed by atoms with van der Waals surface area (Å²) in [6.07, 6.45) is 3.38. The topological polar surface area (TPSA) is 55.3 Å². The van der Waals surface area contributed by atoms with E-state index in [4.69, 9.17) is 11.5 Å². The number of hydrogen-bond donors (Lipinski definition) is 2. The normalized spacial score (nSPS) is 11.0. The van der Waals surface area contributed by atoms with Crippen molar-refractivity contribution in [2.45, 2.75) is 33.1 Å². The summed E-state index contributed by atoms with van der Waals surface area (Å²) in [5.74, 6) is 0. The van der Waals surface area contributed by atoms with E-state index in [1.165, 1.54) is 18.4 Å². The van der Waals surface area contributed by atoms with Gasteiger partial charge in [0.15, 0.2) is 0 Å². The van der Waals surface area contributed by atoms with E-state index in [-0.39, 0.29) is 0 Å². The highest BCUT2D eigenvalue weighted by atomic mass is 15.1. The van der Waals surface area contributed by atoms with Gasteiger partial charge in [-0.15, -0.1) is 0 Å². The lowest BCUT2D eigenvalue weighted by molar-refractivity contribution is 0.278. The summed E-state index contributed by atoms with van der Waals surface area (Å²) >= 11 is 0. The van der Waals surface area contributed by atoms with Gasteiger partial charge in [0.05, 0.1) is 11.4 Å². The van der Waals surface area contributed by atoms with Gasteiger partial charge in [0, 0.05) is 6.54 Å². The fourth-order valence-electron chi connectivity index (χ4n) is 2.10. The second kappa shape index (κ2) is 7.17. The van der Waals surface area contributed by atoms with Crippen molar-refractivity contribution in [3.05, 3.63) is 23.8 Å². The smallest absolute Gasteiger partial charge is 0.0580 e. The number of nitrogen functional groups attached to an aromatic ring is 2. The standard InChI is InChI=1S/C14H25N3/c1-3-9-17(10-4-2)11-8-12-6-5-7-13(15)14(12)16/h5-7H,3-4,8-11,15-16H2,1-2H3. The van der Waals surface area contributed by atoms with Crippen LogP contribution in [0.4, 0.5) is 11.4 Å². The molecule has 17 heavy (non-hydrogen) atoms. The van der Waals surface area contributed by atoms with Crippen molar-refractivity contribution in [1.29, 1.82) is 0 Å². The molecule has 0 radical (unpaired) electrons. The molecule has 0 saturated heterocycles. The van der Waals surface area contributed by atoms with Crippen LogP contribution in [0, 0.1) is 0 Å². The fraction of sp³-hybridized carbons (Fsp3) is 0.571. The lowest BCUT2D eigenvalue weighted by Gasteiger charge is -2.21. The molecule has 0 aliphatic carbocycles. The highest BCUT2D eigenvalue weighted by Gasteiger charge is 2.06. The molecule has 0 saturated carbocycles. The number of rotatable bonds is 7. The Hall–Kier alpha value is -1.22. The number of benzene rings is 1. The fourth-order valence-corrected chi connectivity index (χ4v) is 2.10. The second-order valence-electron chi connectivity index (χ2n) is 4.51. The van der Waals surface area contributed by atoms with Gasteiger partial charge in [-0.25, -0.2) is 0 Å². The Kier molecular flexibility index (Phi) is 5.84. The van der Waals surface area contributed by atoms with Crippen LogP contribution in [0.3, 0.4) is 0 Å². The molecule has 0 aromatic heterocycles. The highest BCUT2D eigenvalue weighted by Crippen LogP contribution is 2.20.